The van der Waals surface area contributed by atoms with E-state index in [0.717, 1.165) is 6.07 Å². The third kappa shape index (κ3) is 4.17. The summed E-state index contributed by atoms with van der Waals surface area (Å²) in [4.78, 5) is 33.9. The number of aliphatic carboxylic acids is 1. The van der Waals surface area contributed by atoms with E-state index in [1.54, 1.807) is 6.92 Å². The summed E-state index contributed by atoms with van der Waals surface area (Å²) in [5.74, 6) is -3.21. The summed E-state index contributed by atoms with van der Waals surface area (Å²) in [6, 6.07) is 3.87. The molecule has 0 fully saturated rings. The molecule has 0 spiro atoms. The van der Waals surface area contributed by atoms with Crippen molar-refractivity contribution in [1.29, 1.82) is 0 Å². The zero-order valence-electron chi connectivity index (χ0n) is 10.4. The maximum absolute atomic E-state index is 13.3. The summed E-state index contributed by atoms with van der Waals surface area (Å²) in [5, 5.41) is 11.1. The van der Waals surface area contributed by atoms with E-state index in [0.29, 0.717) is 0 Å². The lowest BCUT2D eigenvalue weighted by atomic mass is 10.1. The normalized spacial score (nSPS) is 11.7. The van der Waals surface area contributed by atoms with E-state index in [1.807, 2.05) is 0 Å². The van der Waals surface area contributed by atoms with Crippen molar-refractivity contribution in [3.8, 4) is 0 Å². The van der Waals surface area contributed by atoms with Crippen LogP contribution in [0.3, 0.4) is 0 Å². The van der Waals surface area contributed by atoms with Crippen molar-refractivity contribution < 1.29 is 23.9 Å². The van der Waals surface area contributed by atoms with Crippen LogP contribution in [0.4, 0.5) is 4.39 Å². The Morgan fingerprint density at radius 3 is 2.47 bits per heavy atom. The standard InChI is InChI=1S/C13H14FNO4/c1-2-8(16)7-11(13(18)19)15-12(17)9-5-3-4-6-10(9)14/h3-6,11H,2,7H2,1H3,(H,15,17)(H,18,19). The van der Waals surface area contributed by atoms with Crippen LogP contribution in [0, 0.1) is 5.82 Å². The van der Waals surface area contributed by atoms with E-state index in [2.05, 4.69) is 5.32 Å². The minimum absolute atomic E-state index is 0.180. The maximum atomic E-state index is 13.3. The van der Waals surface area contributed by atoms with E-state index in [1.165, 1.54) is 18.2 Å². The van der Waals surface area contributed by atoms with E-state index in [4.69, 9.17) is 5.11 Å². The van der Waals surface area contributed by atoms with Gasteiger partial charge in [0.05, 0.1) is 5.56 Å². The quantitative estimate of drug-likeness (QED) is 0.815. The fourth-order valence-electron chi connectivity index (χ4n) is 1.45. The molecule has 5 nitrogen and oxygen atoms in total. The van der Waals surface area contributed by atoms with Crippen LogP contribution in [-0.4, -0.2) is 28.8 Å². The lowest BCUT2D eigenvalue weighted by molar-refractivity contribution is -0.141. The van der Waals surface area contributed by atoms with Gasteiger partial charge in [0.25, 0.3) is 5.91 Å². The number of Topliss-reactive ketones (excluding diaryl/α,β-unsaturated/α-hetero) is 1. The lowest BCUT2D eigenvalue weighted by Gasteiger charge is -2.13. The first-order chi connectivity index (χ1) is 8.95. The van der Waals surface area contributed by atoms with Crippen molar-refractivity contribution in [3.63, 3.8) is 0 Å². The van der Waals surface area contributed by atoms with Crippen molar-refractivity contribution in [3.05, 3.63) is 35.6 Å². The predicted octanol–water partition coefficient (Wildman–Crippen LogP) is 1.38. The number of benzene rings is 1. The van der Waals surface area contributed by atoms with Crippen LogP contribution in [0.25, 0.3) is 0 Å². The van der Waals surface area contributed by atoms with Crippen LogP contribution in [0.5, 0.6) is 0 Å². The van der Waals surface area contributed by atoms with Crippen molar-refractivity contribution in [2.24, 2.45) is 0 Å². The van der Waals surface area contributed by atoms with E-state index in [-0.39, 0.29) is 24.2 Å². The van der Waals surface area contributed by atoms with Gasteiger partial charge in [-0.1, -0.05) is 19.1 Å². The molecule has 0 saturated heterocycles. The van der Waals surface area contributed by atoms with E-state index >= 15 is 0 Å². The van der Waals surface area contributed by atoms with Gasteiger partial charge < -0.3 is 10.4 Å². The molecule has 1 aromatic carbocycles. The summed E-state index contributed by atoms with van der Waals surface area (Å²) >= 11 is 0. The second-order valence-corrected chi connectivity index (χ2v) is 3.94. The highest BCUT2D eigenvalue weighted by atomic mass is 19.1. The van der Waals surface area contributed by atoms with Gasteiger partial charge in [0, 0.05) is 12.8 Å². The molecule has 0 aliphatic heterocycles. The molecule has 0 aliphatic carbocycles. The molecule has 0 heterocycles. The Morgan fingerprint density at radius 1 is 1.32 bits per heavy atom. The fraction of sp³-hybridized carbons (Fsp3) is 0.308. The van der Waals surface area contributed by atoms with Crippen LogP contribution in [0.15, 0.2) is 24.3 Å². The molecule has 0 radical (unpaired) electrons. The predicted molar refractivity (Wildman–Crippen MR) is 65.2 cm³/mol. The Bertz CT molecular complexity index is 501. The molecule has 0 aliphatic rings. The van der Waals surface area contributed by atoms with Gasteiger partial charge in [0.1, 0.15) is 17.6 Å². The number of carboxylic acids is 1. The Labute approximate surface area is 109 Å². The monoisotopic (exact) mass is 267 g/mol. The van der Waals surface area contributed by atoms with Gasteiger partial charge >= 0.3 is 5.97 Å². The Morgan fingerprint density at radius 2 is 1.95 bits per heavy atom. The Kier molecular flexibility index (Phi) is 5.17. The van der Waals surface area contributed by atoms with Crippen LogP contribution in [-0.2, 0) is 9.59 Å². The molecule has 0 bridgehead atoms. The summed E-state index contributed by atoms with van der Waals surface area (Å²) in [6.07, 6.45) is -0.134. The summed E-state index contributed by atoms with van der Waals surface area (Å²) < 4.78 is 13.3. The zero-order chi connectivity index (χ0) is 14.4. The SMILES string of the molecule is CCC(=O)CC(NC(=O)c1ccccc1F)C(=O)O. The molecule has 2 N–H and O–H groups in total. The second kappa shape index (κ2) is 6.63. The molecule has 1 rings (SSSR count). The van der Waals surface area contributed by atoms with Gasteiger partial charge in [0.2, 0.25) is 0 Å². The van der Waals surface area contributed by atoms with E-state index in [9.17, 15) is 18.8 Å². The Hall–Kier alpha value is -2.24. The first-order valence-electron chi connectivity index (χ1n) is 5.75. The number of amides is 1. The number of rotatable bonds is 6. The van der Waals surface area contributed by atoms with Gasteiger partial charge in [-0.2, -0.15) is 0 Å². The van der Waals surface area contributed by atoms with Crippen molar-refractivity contribution >= 4 is 17.7 Å². The number of carbonyl (C=O) groups is 3. The minimum atomic E-state index is -1.35. The lowest BCUT2D eigenvalue weighted by Crippen LogP contribution is -2.42. The topological polar surface area (TPSA) is 83.5 Å². The largest absolute Gasteiger partial charge is 0.480 e. The van der Waals surface area contributed by atoms with Crippen LogP contribution >= 0.6 is 0 Å². The fourth-order valence-corrected chi connectivity index (χ4v) is 1.45. The second-order valence-electron chi connectivity index (χ2n) is 3.94. The molecule has 6 heteroatoms. The van der Waals surface area contributed by atoms with Crippen molar-refractivity contribution in [2.75, 3.05) is 0 Å². The molecule has 102 valence electrons. The smallest absolute Gasteiger partial charge is 0.326 e. The number of hydrogen-bond donors (Lipinski definition) is 2. The Balaban J connectivity index is 2.80. The van der Waals surface area contributed by atoms with Gasteiger partial charge in [-0.25, -0.2) is 9.18 Å². The molecule has 1 amide bonds. The summed E-state index contributed by atoms with van der Waals surface area (Å²) in [5.41, 5.74) is -0.252. The van der Waals surface area contributed by atoms with Crippen molar-refractivity contribution in [1.82, 2.24) is 5.32 Å². The highest BCUT2D eigenvalue weighted by Gasteiger charge is 2.24. The molecular formula is C13H14FNO4. The number of hydrogen-bond acceptors (Lipinski definition) is 3. The summed E-state index contributed by atoms with van der Waals surface area (Å²) in [7, 11) is 0. The van der Waals surface area contributed by atoms with Crippen molar-refractivity contribution in [2.45, 2.75) is 25.8 Å². The third-order valence-corrected chi connectivity index (χ3v) is 2.55. The third-order valence-electron chi connectivity index (χ3n) is 2.55. The first kappa shape index (κ1) is 14.8. The van der Waals surface area contributed by atoms with Crippen LogP contribution in [0.2, 0.25) is 0 Å². The van der Waals surface area contributed by atoms with Gasteiger partial charge in [0.15, 0.2) is 0 Å². The molecule has 1 atom stereocenters. The average Bonchev–Trinajstić information content (AvgIpc) is 2.37. The molecular weight excluding hydrogens is 253 g/mol. The van der Waals surface area contributed by atoms with Gasteiger partial charge in [-0.05, 0) is 12.1 Å². The number of carbonyl (C=O) groups excluding carboxylic acids is 2. The average molecular weight is 267 g/mol. The molecule has 19 heavy (non-hydrogen) atoms. The highest BCUT2D eigenvalue weighted by molar-refractivity contribution is 5.97. The number of carboxylic acid groups (broad SMARTS) is 1. The molecule has 1 aromatic rings. The van der Waals surface area contributed by atoms with E-state index < -0.39 is 23.7 Å². The van der Waals surface area contributed by atoms with Gasteiger partial charge in [-0.15, -0.1) is 0 Å². The number of nitrogens with one attached hydrogen (secondary N) is 1. The van der Waals surface area contributed by atoms with Gasteiger partial charge in [-0.3, -0.25) is 9.59 Å². The number of ketones is 1. The zero-order valence-corrected chi connectivity index (χ0v) is 10.4. The highest BCUT2D eigenvalue weighted by Crippen LogP contribution is 2.07. The van der Waals surface area contributed by atoms with Crippen LogP contribution in [0.1, 0.15) is 30.1 Å². The maximum Gasteiger partial charge on any atom is 0.326 e. The first-order valence-corrected chi connectivity index (χ1v) is 5.75. The molecule has 0 aromatic heterocycles. The minimum Gasteiger partial charge on any atom is -0.480 e. The summed E-state index contributed by atoms with van der Waals surface area (Å²) in [6.45, 7) is 1.60. The van der Waals surface area contributed by atoms with Crippen LogP contribution < -0.4 is 5.32 Å². The number of halogens is 1. The molecule has 1 unspecified atom stereocenters. The molecule has 0 saturated carbocycles.